The summed E-state index contributed by atoms with van der Waals surface area (Å²) in [7, 11) is 0. The van der Waals surface area contributed by atoms with Crippen LogP contribution in [0.15, 0.2) is 42.5 Å². The van der Waals surface area contributed by atoms with E-state index < -0.39 is 5.82 Å². The van der Waals surface area contributed by atoms with Crippen LogP contribution in [-0.4, -0.2) is 4.98 Å². The highest BCUT2D eigenvalue weighted by atomic mass is 19.1. The highest BCUT2D eigenvalue weighted by molar-refractivity contribution is 5.84. The first kappa shape index (κ1) is 13.2. The van der Waals surface area contributed by atoms with Crippen molar-refractivity contribution in [2.45, 2.75) is 13.5 Å². The van der Waals surface area contributed by atoms with E-state index in [1.165, 1.54) is 12.1 Å². The maximum absolute atomic E-state index is 13.1. The molecule has 0 amide bonds. The van der Waals surface area contributed by atoms with Gasteiger partial charge in [0.1, 0.15) is 11.9 Å². The molecule has 0 unspecified atom stereocenters. The maximum Gasteiger partial charge on any atom is 0.124 e. The summed E-state index contributed by atoms with van der Waals surface area (Å²) in [6.07, 6.45) is 0. The van der Waals surface area contributed by atoms with Crippen LogP contribution >= 0.6 is 0 Å². The van der Waals surface area contributed by atoms with Gasteiger partial charge in [0.2, 0.25) is 0 Å². The number of nitriles is 1. The van der Waals surface area contributed by atoms with Crippen molar-refractivity contribution < 1.29 is 4.39 Å². The highest BCUT2D eigenvalue weighted by Crippen LogP contribution is 2.22. The molecule has 0 aliphatic rings. The van der Waals surface area contributed by atoms with Crippen LogP contribution in [0.5, 0.6) is 0 Å². The average molecular weight is 279 g/mol. The zero-order valence-corrected chi connectivity index (χ0v) is 11.6. The number of aromatic nitrogens is 1. The molecule has 0 spiro atoms. The van der Waals surface area contributed by atoms with E-state index in [0.717, 1.165) is 22.2 Å². The number of benzene rings is 2. The molecule has 104 valence electrons. The summed E-state index contributed by atoms with van der Waals surface area (Å²) in [5, 5.41) is 13.4. The number of hydrogen-bond acceptors (Lipinski definition) is 2. The van der Waals surface area contributed by atoms with Gasteiger partial charge in [0.25, 0.3) is 0 Å². The van der Waals surface area contributed by atoms with Crippen molar-refractivity contribution in [3.05, 3.63) is 65.1 Å². The summed E-state index contributed by atoms with van der Waals surface area (Å²) in [4.78, 5) is 3.30. The molecule has 0 bridgehead atoms. The normalized spacial score (nSPS) is 10.5. The Labute approximate surface area is 122 Å². The van der Waals surface area contributed by atoms with Crippen molar-refractivity contribution in [2.24, 2.45) is 0 Å². The van der Waals surface area contributed by atoms with Gasteiger partial charge in [-0.05, 0) is 42.8 Å². The van der Waals surface area contributed by atoms with Crippen molar-refractivity contribution in [1.29, 1.82) is 5.26 Å². The maximum atomic E-state index is 13.1. The fourth-order valence-corrected chi connectivity index (χ4v) is 2.47. The van der Waals surface area contributed by atoms with Crippen LogP contribution in [0.4, 0.5) is 10.1 Å². The summed E-state index contributed by atoms with van der Waals surface area (Å²) in [6, 6.07) is 14.4. The number of hydrogen-bond donors (Lipinski definition) is 2. The first-order valence-electron chi connectivity index (χ1n) is 6.68. The van der Waals surface area contributed by atoms with Gasteiger partial charge in [-0.1, -0.05) is 12.1 Å². The minimum atomic E-state index is -0.402. The standard InChI is InChI=1S/C17H14FN3/c1-11-7-15-12(3-2-4-17(15)21-11)10-20-16-6-5-14(18)8-13(16)9-19/h2-8,20-21H,10H2,1H3. The fraction of sp³-hybridized carbons (Fsp3) is 0.118. The SMILES string of the molecule is Cc1cc2c(CNc3ccc(F)cc3C#N)cccc2[nH]1. The zero-order valence-electron chi connectivity index (χ0n) is 11.6. The number of aromatic amines is 1. The van der Waals surface area contributed by atoms with Crippen LogP contribution in [0.2, 0.25) is 0 Å². The molecule has 2 N–H and O–H groups in total. The van der Waals surface area contributed by atoms with Gasteiger partial charge in [-0.15, -0.1) is 0 Å². The van der Waals surface area contributed by atoms with Gasteiger partial charge >= 0.3 is 0 Å². The Bertz CT molecular complexity index is 843. The smallest absolute Gasteiger partial charge is 0.124 e. The van der Waals surface area contributed by atoms with Crippen LogP contribution in [0.1, 0.15) is 16.8 Å². The van der Waals surface area contributed by atoms with E-state index in [4.69, 9.17) is 5.26 Å². The van der Waals surface area contributed by atoms with Crippen LogP contribution in [0, 0.1) is 24.1 Å². The van der Waals surface area contributed by atoms with Crippen LogP contribution in [0.25, 0.3) is 10.9 Å². The summed E-state index contributed by atoms with van der Waals surface area (Å²) in [5.74, 6) is -0.402. The van der Waals surface area contributed by atoms with E-state index in [-0.39, 0.29) is 0 Å². The van der Waals surface area contributed by atoms with Crippen LogP contribution < -0.4 is 5.32 Å². The second kappa shape index (κ2) is 5.29. The van der Waals surface area contributed by atoms with Gasteiger partial charge in [0.05, 0.1) is 11.3 Å². The predicted molar refractivity (Wildman–Crippen MR) is 81.5 cm³/mol. The third-order valence-corrected chi connectivity index (χ3v) is 3.46. The first-order chi connectivity index (χ1) is 10.2. The van der Waals surface area contributed by atoms with E-state index in [9.17, 15) is 4.39 Å². The summed E-state index contributed by atoms with van der Waals surface area (Å²) >= 11 is 0. The van der Waals surface area contributed by atoms with E-state index >= 15 is 0 Å². The Morgan fingerprint density at radius 1 is 1.24 bits per heavy atom. The third kappa shape index (κ3) is 2.59. The van der Waals surface area contributed by atoms with Gasteiger partial charge in [0, 0.05) is 23.1 Å². The zero-order chi connectivity index (χ0) is 14.8. The van der Waals surface area contributed by atoms with Crippen LogP contribution in [0.3, 0.4) is 0 Å². The molecule has 1 aromatic heterocycles. The van der Waals surface area contributed by atoms with Gasteiger partial charge in [0.15, 0.2) is 0 Å². The topological polar surface area (TPSA) is 51.6 Å². The second-order valence-electron chi connectivity index (χ2n) is 4.99. The number of aryl methyl sites for hydroxylation is 1. The van der Waals surface area contributed by atoms with Crippen molar-refractivity contribution in [1.82, 2.24) is 4.98 Å². The molecule has 3 rings (SSSR count). The molecule has 1 heterocycles. The van der Waals surface area contributed by atoms with Crippen LogP contribution in [-0.2, 0) is 6.54 Å². The van der Waals surface area contributed by atoms with Crippen molar-refractivity contribution in [3.63, 3.8) is 0 Å². The fourth-order valence-electron chi connectivity index (χ4n) is 2.47. The molecule has 3 nitrogen and oxygen atoms in total. The summed E-state index contributed by atoms with van der Waals surface area (Å²) < 4.78 is 13.1. The summed E-state index contributed by atoms with van der Waals surface area (Å²) in [6.45, 7) is 2.60. The molecule has 21 heavy (non-hydrogen) atoms. The minimum absolute atomic E-state index is 0.312. The quantitative estimate of drug-likeness (QED) is 0.758. The van der Waals surface area contributed by atoms with Gasteiger partial charge < -0.3 is 10.3 Å². The second-order valence-corrected chi connectivity index (χ2v) is 4.99. The minimum Gasteiger partial charge on any atom is -0.380 e. The number of halogens is 1. The Balaban J connectivity index is 1.89. The third-order valence-electron chi connectivity index (χ3n) is 3.46. The molecule has 0 saturated heterocycles. The lowest BCUT2D eigenvalue weighted by Crippen LogP contribution is -2.02. The number of nitrogens with one attached hydrogen (secondary N) is 2. The molecule has 2 aromatic carbocycles. The van der Waals surface area contributed by atoms with E-state index in [1.54, 1.807) is 6.07 Å². The molecule has 4 heteroatoms. The molecular formula is C17H14FN3. The Morgan fingerprint density at radius 2 is 2.10 bits per heavy atom. The number of anilines is 1. The summed E-state index contributed by atoms with van der Waals surface area (Å²) in [5.41, 5.74) is 4.28. The van der Waals surface area contributed by atoms with Gasteiger partial charge in [-0.2, -0.15) is 5.26 Å². The monoisotopic (exact) mass is 279 g/mol. The lowest BCUT2D eigenvalue weighted by Gasteiger charge is -2.09. The number of fused-ring (bicyclic) bond motifs is 1. The predicted octanol–water partition coefficient (Wildman–Crippen LogP) is 4.10. The molecule has 0 saturated carbocycles. The van der Waals surface area contributed by atoms with E-state index in [1.807, 2.05) is 31.2 Å². The molecule has 0 aliphatic carbocycles. The van der Waals surface area contributed by atoms with E-state index in [2.05, 4.69) is 16.4 Å². The molecule has 0 fully saturated rings. The highest BCUT2D eigenvalue weighted by Gasteiger charge is 2.06. The molecule has 0 atom stereocenters. The lowest BCUT2D eigenvalue weighted by molar-refractivity contribution is 0.627. The Morgan fingerprint density at radius 3 is 2.90 bits per heavy atom. The largest absolute Gasteiger partial charge is 0.380 e. The van der Waals surface area contributed by atoms with Crippen molar-refractivity contribution in [3.8, 4) is 6.07 Å². The van der Waals surface area contributed by atoms with Crippen molar-refractivity contribution in [2.75, 3.05) is 5.32 Å². The van der Waals surface area contributed by atoms with E-state index in [0.29, 0.717) is 17.8 Å². The van der Waals surface area contributed by atoms with Crippen molar-refractivity contribution >= 4 is 16.6 Å². The Hall–Kier alpha value is -2.80. The Kier molecular flexibility index (Phi) is 3.33. The molecule has 0 radical (unpaired) electrons. The average Bonchev–Trinajstić information content (AvgIpc) is 2.86. The first-order valence-corrected chi connectivity index (χ1v) is 6.68. The molecule has 0 aliphatic heterocycles. The number of nitrogens with zero attached hydrogens (tertiary/aromatic N) is 1. The number of rotatable bonds is 3. The van der Waals surface area contributed by atoms with Gasteiger partial charge in [-0.25, -0.2) is 4.39 Å². The number of H-pyrrole nitrogens is 1. The molecule has 3 aromatic rings. The molecular weight excluding hydrogens is 265 g/mol. The van der Waals surface area contributed by atoms with Gasteiger partial charge in [-0.3, -0.25) is 0 Å². The lowest BCUT2D eigenvalue weighted by atomic mass is 10.1.